The van der Waals surface area contributed by atoms with Crippen molar-refractivity contribution in [2.75, 3.05) is 38.2 Å². The normalized spacial score (nSPS) is 13.9. The lowest BCUT2D eigenvalue weighted by atomic mass is 10.1. The standard InChI is InChI=1S/C23H27BrN2O4/c1-16(2)9-12-30-21-8-7-17(15-19(21)24)22(27)25-20-6-4-3-5-18(20)23(28)26-10-13-29-14-11-26/h3-8,15-16H,9-14H2,1-2H3,(H,25,27). The molecule has 2 amide bonds. The molecule has 160 valence electrons. The molecule has 6 nitrogen and oxygen atoms in total. The number of rotatable bonds is 7. The number of benzene rings is 2. The highest BCUT2D eigenvalue weighted by molar-refractivity contribution is 9.10. The molecule has 1 saturated heterocycles. The Balaban J connectivity index is 1.70. The van der Waals surface area contributed by atoms with Crippen LogP contribution in [0.2, 0.25) is 0 Å². The van der Waals surface area contributed by atoms with Crippen molar-refractivity contribution in [2.24, 2.45) is 5.92 Å². The van der Waals surface area contributed by atoms with E-state index in [1.807, 2.05) is 0 Å². The summed E-state index contributed by atoms with van der Waals surface area (Å²) in [6.45, 7) is 7.07. The number of nitrogens with one attached hydrogen (secondary N) is 1. The highest BCUT2D eigenvalue weighted by Crippen LogP contribution is 2.27. The molecule has 0 spiro atoms. The van der Waals surface area contributed by atoms with Gasteiger partial charge in [-0.15, -0.1) is 0 Å². The van der Waals surface area contributed by atoms with E-state index in [-0.39, 0.29) is 11.8 Å². The Labute approximate surface area is 185 Å². The van der Waals surface area contributed by atoms with Gasteiger partial charge in [0.2, 0.25) is 0 Å². The number of hydrogen-bond acceptors (Lipinski definition) is 4. The van der Waals surface area contributed by atoms with Gasteiger partial charge in [-0.3, -0.25) is 9.59 Å². The molecule has 0 bridgehead atoms. The van der Waals surface area contributed by atoms with Gasteiger partial charge in [0.1, 0.15) is 5.75 Å². The number of hydrogen-bond donors (Lipinski definition) is 1. The van der Waals surface area contributed by atoms with Gasteiger partial charge in [-0.25, -0.2) is 0 Å². The molecule has 2 aromatic carbocycles. The lowest BCUT2D eigenvalue weighted by Gasteiger charge is -2.27. The second-order valence-electron chi connectivity index (χ2n) is 7.58. The number of para-hydroxylation sites is 1. The number of morpholine rings is 1. The summed E-state index contributed by atoms with van der Waals surface area (Å²) in [7, 11) is 0. The van der Waals surface area contributed by atoms with Gasteiger partial charge < -0.3 is 19.7 Å². The number of amides is 2. The third-order valence-electron chi connectivity index (χ3n) is 4.85. The number of carbonyl (C=O) groups is 2. The molecule has 1 fully saturated rings. The largest absolute Gasteiger partial charge is 0.492 e. The Morgan fingerprint density at radius 2 is 1.90 bits per heavy atom. The van der Waals surface area contributed by atoms with E-state index in [4.69, 9.17) is 9.47 Å². The van der Waals surface area contributed by atoms with Gasteiger partial charge in [0.05, 0.1) is 35.5 Å². The fourth-order valence-corrected chi connectivity index (χ4v) is 3.57. The van der Waals surface area contributed by atoms with Crippen molar-refractivity contribution in [1.82, 2.24) is 4.90 Å². The molecule has 0 atom stereocenters. The van der Waals surface area contributed by atoms with Crippen LogP contribution in [0, 0.1) is 5.92 Å². The van der Waals surface area contributed by atoms with Crippen LogP contribution in [-0.4, -0.2) is 49.6 Å². The third-order valence-corrected chi connectivity index (χ3v) is 5.47. The molecule has 1 aliphatic heterocycles. The van der Waals surface area contributed by atoms with Gasteiger partial charge in [0.25, 0.3) is 11.8 Å². The summed E-state index contributed by atoms with van der Waals surface area (Å²) < 4.78 is 11.8. The number of carbonyl (C=O) groups excluding carboxylic acids is 2. The van der Waals surface area contributed by atoms with Crippen molar-refractivity contribution in [3.8, 4) is 5.75 Å². The number of nitrogens with zero attached hydrogens (tertiary/aromatic N) is 1. The van der Waals surface area contributed by atoms with Crippen molar-refractivity contribution in [3.05, 3.63) is 58.1 Å². The van der Waals surface area contributed by atoms with Crippen molar-refractivity contribution in [2.45, 2.75) is 20.3 Å². The molecule has 1 heterocycles. The monoisotopic (exact) mass is 474 g/mol. The fraction of sp³-hybridized carbons (Fsp3) is 0.391. The predicted octanol–water partition coefficient (Wildman–Crippen LogP) is 4.60. The van der Waals surface area contributed by atoms with E-state index in [0.29, 0.717) is 61.4 Å². The topological polar surface area (TPSA) is 67.9 Å². The first-order valence-corrected chi connectivity index (χ1v) is 10.9. The number of halogens is 1. The zero-order chi connectivity index (χ0) is 21.5. The third kappa shape index (κ3) is 5.83. The molecule has 3 rings (SSSR count). The molecule has 7 heteroatoms. The van der Waals surface area contributed by atoms with Crippen molar-refractivity contribution in [3.63, 3.8) is 0 Å². The van der Waals surface area contributed by atoms with Crippen LogP contribution in [0.25, 0.3) is 0 Å². The summed E-state index contributed by atoms with van der Waals surface area (Å²) in [5.41, 5.74) is 1.44. The van der Waals surface area contributed by atoms with Crippen LogP contribution in [0.5, 0.6) is 5.75 Å². The minimum atomic E-state index is -0.286. The SMILES string of the molecule is CC(C)CCOc1ccc(C(=O)Nc2ccccc2C(=O)N2CCOCC2)cc1Br. The van der Waals surface area contributed by atoms with Crippen LogP contribution in [-0.2, 0) is 4.74 Å². The maximum Gasteiger partial charge on any atom is 0.256 e. The van der Waals surface area contributed by atoms with E-state index < -0.39 is 0 Å². The first kappa shape index (κ1) is 22.3. The van der Waals surface area contributed by atoms with Crippen molar-refractivity contribution < 1.29 is 19.1 Å². The van der Waals surface area contributed by atoms with Crippen LogP contribution in [0.4, 0.5) is 5.69 Å². The summed E-state index contributed by atoms with van der Waals surface area (Å²) in [6, 6.07) is 12.3. The van der Waals surface area contributed by atoms with Crippen molar-refractivity contribution >= 4 is 33.4 Å². The van der Waals surface area contributed by atoms with Gasteiger partial charge in [-0.2, -0.15) is 0 Å². The van der Waals surface area contributed by atoms with Crippen LogP contribution < -0.4 is 10.1 Å². The smallest absolute Gasteiger partial charge is 0.256 e. The predicted molar refractivity (Wildman–Crippen MR) is 120 cm³/mol. The zero-order valence-electron chi connectivity index (χ0n) is 17.3. The van der Waals surface area contributed by atoms with E-state index >= 15 is 0 Å². The molecule has 1 aliphatic rings. The molecule has 0 unspecified atom stereocenters. The van der Waals surface area contributed by atoms with Gasteiger partial charge in [-0.1, -0.05) is 26.0 Å². The summed E-state index contributed by atoms with van der Waals surface area (Å²) in [4.78, 5) is 27.4. The van der Waals surface area contributed by atoms with Crippen LogP contribution in [0.15, 0.2) is 46.9 Å². The van der Waals surface area contributed by atoms with E-state index in [0.717, 1.165) is 10.9 Å². The average molecular weight is 475 g/mol. The molecular weight excluding hydrogens is 448 g/mol. The Hall–Kier alpha value is -2.38. The average Bonchev–Trinajstić information content (AvgIpc) is 2.75. The maximum atomic E-state index is 12.9. The first-order valence-electron chi connectivity index (χ1n) is 10.2. The molecule has 2 aromatic rings. The quantitative estimate of drug-likeness (QED) is 0.636. The lowest BCUT2D eigenvalue weighted by molar-refractivity contribution is 0.0303. The van der Waals surface area contributed by atoms with E-state index in [1.54, 1.807) is 47.4 Å². The highest BCUT2D eigenvalue weighted by Gasteiger charge is 2.22. The minimum Gasteiger partial charge on any atom is -0.492 e. The zero-order valence-corrected chi connectivity index (χ0v) is 18.9. The van der Waals surface area contributed by atoms with Gasteiger partial charge in [-0.05, 0) is 58.6 Å². The number of anilines is 1. The molecule has 1 N–H and O–H groups in total. The first-order chi connectivity index (χ1) is 14.5. The molecule has 0 radical (unpaired) electrons. The molecular formula is C23H27BrN2O4. The molecule has 0 saturated carbocycles. The van der Waals surface area contributed by atoms with E-state index in [9.17, 15) is 9.59 Å². The Morgan fingerprint density at radius 3 is 2.60 bits per heavy atom. The fourth-order valence-electron chi connectivity index (χ4n) is 3.07. The van der Waals surface area contributed by atoms with Crippen LogP contribution >= 0.6 is 15.9 Å². The lowest BCUT2D eigenvalue weighted by Crippen LogP contribution is -2.41. The second-order valence-corrected chi connectivity index (χ2v) is 8.43. The van der Waals surface area contributed by atoms with Crippen molar-refractivity contribution in [1.29, 1.82) is 0 Å². The van der Waals surface area contributed by atoms with E-state index in [1.165, 1.54) is 0 Å². The van der Waals surface area contributed by atoms with E-state index in [2.05, 4.69) is 35.1 Å². The Kier molecular flexibility index (Phi) is 7.87. The highest BCUT2D eigenvalue weighted by atomic mass is 79.9. The summed E-state index contributed by atoms with van der Waals surface area (Å²) in [5.74, 6) is 0.875. The maximum absolute atomic E-state index is 12.9. The van der Waals surface area contributed by atoms with Crippen LogP contribution in [0.1, 0.15) is 41.0 Å². The summed E-state index contributed by atoms with van der Waals surface area (Å²) in [6.07, 6.45) is 0.961. The molecule has 0 aliphatic carbocycles. The Bertz CT molecular complexity index is 895. The minimum absolute atomic E-state index is 0.107. The summed E-state index contributed by atoms with van der Waals surface area (Å²) >= 11 is 3.48. The summed E-state index contributed by atoms with van der Waals surface area (Å²) in [5, 5.41) is 2.87. The van der Waals surface area contributed by atoms with Gasteiger partial charge in [0.15, 0.2) is 0 Å². The van der Waals surface area contributed by atoms with Gasteiger partial charge >= 0.3 is 0 Å². The molecule has 30 heavy (non-hydrogen) atoms. The Morgan fingerprint density at radius 1 is 1.17 bits per heavy atom. The number of ether oxygens (including phenoxy) is 2. The van der Waals surface area contributed by atoms with Crippen LogP contribution in [0.3, 0.4) is 0 Å². The molecule has 0 aromatic heterocycles. The van der Waals surface area contributed by atoms with Gasteiger partial charge in [0, 0.05) is 18.7 Å². The second kappa shape index (κ2) is 10.6.